The van der Waals surface area contributed by atoms with E-state index in [1.54, 1.807) is 0 Å². The van der Waals surface area contributed by atoms with Gasteiger partial charge in [0.1, 0.15) is 0 Å². The maximum atomic E-state index is 4.51. The Morgan fingerprint density at radius 1 is 0.944 bits per heavy atom. The fourth-order valence-electron chi connectivity index (χ4n) is 2.36. The van der Waals surface area contributed by atoms with E-state index in [0.717, 1.165) is 5.52 Å². The molecule has 0 unspecified atom stereocenters. The van der Waals surface area contributed by atoms with E-state index in [2.05, 4.69) is 36.2 Å². The highest BCUT2D eigenvalue weighted by atomic mass is 14.6. The van der Waals surface area contributed by atoms with Crippen molar-refractivity contribution in [2.24, 2.45) is 0 Å². The summed E-state index contributed by atoms with van der Waals surface area (Å²) < 4.78 is 0. The van der Waals surface area contributed by atoms with Gasteiger partial charge in [-0.05, 0) is 30.5 Å². The van der Waals surface area contributed by atoms with Crippen molar-refractivity contribution in [1.82, 2.24) is 4.98 Å². The molecule has 1 heteroatoms. The van der Waals surface area contributed by atoms with Crippen LogP contribution in [0.4, 0.5) is 0 Å². The number of para-hydroxylation sites is 1. The number of hydrogen-bond acceptors (Lipinski definition) is 1. The zero-order chi connectivity index (χ0) is 12.6. The van der Waals surface area contributed by atoms with Crippen molar-refractivity contribution in [2.45, 2.75) is 51.9 Å². The molecule has 0 amide bonds. The highest BCUT2D eigenvalue weighted by Gasteiger charge is 1.97. The van der Waals surface area contributed by atoms with Crippen LogP contribution in [0.25, 0.3) is 10.9 Å². The standard InChI is InChI=1S/C17H23N/c1-2-3-4-5-6-7-10-15-13-16-11-8-9-12-17(16)18-14-15/h8-9,11-14H,2-7,10H2,1H3. The topological polar surface area (TPSA) is 12.9 Å². The van der Waals surface area contributed by atoms with Gasteiger partial charge in [0, 0.05) is 11.6 Å². The summed E-state index contributed by atoms with van der Waals surface area (Å²) in [6.45, 7) is 2.26. The summed E-state index contributed by atoms with van der Waals surface area (Å²) in [5.74, 6) is 0. The number of benzene rings is 1. The van der Waals surface area contributed by atoms with Crippen LogP contribution in [0.2, 0.25) is 0 Å². The summed E-state index contributed by atoms with van der Waals surface area (Å²) in [5.41, 5.74) is 2.48. The summed E-state index contributed by atoms with van der Waals surface area (Å²) in [4.78, 5) is 4.51. The van der Waals surface area contributed by atoms with Crippen molar-refractivity contribution in [1.29, 1.82) is 0 Å². The molecule has 0 spiro atoms. The first-order valence-corrected chi connectivity index (χ1v) is 7.24. The van der Waals surface area contributed by atoms with Crippen molar-refractivity contribution < 1.29 is 0 Å². The molecular formula is C17H23N. The lowest BCUT2D eigenvalue weighted by Crippen LogP contribution is -1.88. The number of unbranched alkanes of at least 4 members (excludes halogenated alkanes) is 5. The van der Waals surface area contributed by atoms with Crippen LogP contribution < -0.4 is 0 Å². The van der Waals surface area contributed by atoms with Gasteiger partial charge in [-0.25, -0.2) is 0 Å². The zero-order valence-electron chi connectivity index (χ0n) is 11.4. The van der Waals surface area contributed by atoms with Gasteiger partial charge in [0.2, 0.25) is 0 Å². The van der Waals surface area contributed by atoms with E-state index in [0.29, 0.717) is 0 Å². The second-order valence-electron chi connectivity index (χ2n) is 5.05. The molecule has 0 bridgehead atoms. The van der Waals surface area contributed by atoms with Crippen LogP contribution in [0.1, 0.15) is 51.0 Å². The lowest BCUT2D eigenvalue weighted by Gasteiger charge is -2.03. The van der Waals surface area contributed by atoms with Crippen molar-refractivity contribution in [2.75, 3.05) is 0 Å². The lowest BCUT2D eigenvalue weighted by molar-refractivity contribution is 0.607. The summed E-state index contributed by atoms with van der Waals surface area (Å²) in [6.07, 6.45) is 11.3. The Hall–Kier alpha value is -1.37. The lowest BCUT2D eigenvalue weighted by atomic mass is 10.0. The predicted octanol–water partition coefficient (Wildman–Crippen LogP) is 5.14. The van der Waals surface area contributed by atoms with Gasteiger partial charge in [0.15, 0.2) is 0 Å². The van der Waals surface area contributed by atoms with Crippen LogP contribution in [-0.2, 0) is 6.42 Å². The van der Waals surface area contributed by atoms with Gasteiger partial charge in [-0.3, -0.25) is 4.98 Å². The van der Waals surface area contributed by atoms with Crippen molar-refractivity contribution in [3.05, 3.63) is 42.1 Å². The summed E-state index contributed by atoms with van der Waals surface area (Å²) >= 11 is 0. The largest absolute Gasteiger partial charge is 0.256 e. The maximum Gasteiger partial charge on any atom is 0.0702 e. The number of aryl methyl sites for hydroxylation is 1. The van der Waals surface area contributed by atoms with Gasteiger partial charge in [-0.15, -0.1) is 0 Å². The second kappa shape index (κ2) is 7.15. The molecule has 0 atom stereocenters. The van der Waals surface area contributed by atoms with E-state index >= 15 is 0 Å². The maximum absolute atomic E-state index is 4.51. The molecule has 0 aliphatic rings. The molecule has 0 saturated carbocycles. The first-order chi connectivity index (χ1) is 8.90. The molecule has 0 N–H and O–H groups in total. The summed E-state index contributed by atoms with van der Waals surface area (Å²) in [6, 6.07) is 10.6. The Morgan fingerprint density at radius 2 is 1.72 bits per heavy atom. The Labute approximate surface area is 110 Å². The van der Waals surface area contributed by atoms with E-state index in [1.807, 2.05) is 12.3 Å². The smallest absolute Gasteiger partial charge is 0.0702 e. The predicted molar refractivity (Wildman–Crippen MR) is 78.8 cm³/mol. The van der Waals surface area contributed by atoms with Crippen molar-refractivity contribution in [3.63, 3.8) is 0 Å². The molecule has 1 heterocycles. The quantitative estimate of drug-likeness (QED) is 0.612. The minimum atomic E-state index is 1.10. The van der Waals surface area contributed by atoms with Crippen LogP contribution in [0, 0.1) is 0 Å². The minimum absolute atomic E-state index is 1.10. The van der Waals surface area contributed by atoms with E-state index in [4.69, 9.17) is 0 Å². The van der Waals surface area contributed by atoms with Gasteiger partial charge < -0.3 is 0 Å². The number of fused-ring (bicyclic) bond motifs is 1. The Balaban J connectivity index is 1.81. The van der Waals surface area contributed by atoms with Crippen LogP contribution >= 0.6 is 0 Å². The average molecular weight is 241 g/mol. The zero-order valence-corrected chi connectivity index (χ0v) is 11.4. The van der Waals surface area contributed by atoms with Gasteiger partial charge in [-0.1, -0.05) is 57.2 Å². The molecular weight excluding hydrogens is 218 g/mol. The first kappa shape index (κ1) is 13.1. The summed E-state index contributed by atoms with van der Waals surface area (Å²) in [7, 11) is 0. The molecule has 1 nitrogen and oxygen atoms in total. The van der Waals surface area contributed by atoms with E-state index < -0.39 is 0 Å². The first-order valence-electron chi connectivity index (χ1n) is 7.24. The molecule has 0 radical (unpaired) electrons. The Morgan fingerprint density at radius 3 is 2.61 bits per heavy atom. The Kier molecular flexibility index (Phi) is 5.19. The normalized spacial score (nSPS) is 10.9. The number of nitrogens with zero attached hydrogens (tertiary/aromatic N) is 1. The van der Waals surface area contributed by atoms with E-state index in [1.165, 1.54) is 55.9 Å². The highest BCUT2D eigenvalue weighted by molar-refractivity contribution is 5.78. The molecule has 0 aliphatic carbocycles. The summed E-state index contributed by atoms with van der Waals surface area (Å²) in [5, 5.41) is 1.26. The monoisotopic (exact) mass is 241 g/mol. The Bertz CT molecular complexity index is 476. The van der Waals surface area contributed by atoms with Crippen LogP contribution in [0.5, 0.6) is 0 Å². The number of hydrogen-bond donors (Lipinski definition) is 0. The molecule has 0 saturated heterocycles. The molecule has 1 aromatic carbocycles. The highest BCUT2D eigenvalue weighted by Crippen LogP contribution is 2.15. The van der Waals surface area contributed by atoms with Gasteiger partial charge >= 0.3 is 0 Å². The van der Waals surface area contributed by atoms with E-state index in [-0.39, 0.29) is 0 Å². The third-order valence-electron chi connectivity index (χ3n) is 3.47. The number of pyridine rings is 1. The number of rotatable bonds is 7. The van der Waals surface area contributed by atoms with Crippen molar-refractivity contribution >= 4 is 10.9 Å². The van der Waals surface area contributed by atoms with Gasteiger partial charge in [0.25, 0.3) is 0 Å². The van der Waals surface area contributed by atoms with Gasteiger partial charge in [-0.2, -0.15) is 0 Å². The van der Waals surface area contributed by atoms with Crippen LogP contribution in [0.15, 0.2) is 36.5 Å². The molecule has 2 rings (SSSR count). The molecule has 2 aromatic rings. The molecule has 18 heavy (non-hydrogen) atoms. The molecule has 0 aliphatic heterocycles. The second-order valence-corrected chi connectivity index (χ2v) is 5.05. The molecule has 96 valence electrons. The van der Waals surface area contributed by atoms with Crippen LogP contribution in [0.3, 0.4) is 0 Å². The van der Waals surface area contributed by atoms with Crippen molar-refractivity contribution in [3.8, 4) is 0 Å². The third-order valence-corrected chi connectivity index (χ3v) is 3.47. The minimum Gasteiger partial charge on any atom is -0.256 e. The molecule has 0 fully saturated rings. The number of aromatic nitrogens is 1. The third kappa shape index (κ3) is 3.83. The van der Waals surface area contributed by atoms with Crippen LogP contribution in [-0.4, -0.2) is 4.98 Å². The molecule has 1 aromatic heterocycles. The SMILES string of the molecule is CCCCCCCCc1cnc2ccccc2c1. The fraction of sp³-hybridized carbons (Fsp3) is 0.471. The van der Waals surface area contributed by atoms with Gasteiger partial charge in [0.05, 0.1) is 5.52 Å². The fourth-order valence-corrected chi connectivity index (χ4v) is 2.36. The average Bonchev–Trinajstić information content (AvgIpc) is 2.42. The van der Waals surface area contributed by atoms with E-state index in [9.17, 15) is 0 Å².